The SMILES string of the molecule is Cc1cc(-c2csc(NC(=O)C(N)C3CCOCC3)n2)ccc1F.Cl. The van der Waals surface area contributed by atoms with Crippen LogP contribution in [-0.4, -0.2) is 30.1 Å². The van der Waals surface area contributed by atoms with Gasteiger partial charge < -0.3 is 15.8 Å². The molecular formula is C17H21ClFN3O2S. The van der Waals surface area contributed by atoms with Crippen molar-refractivity contribution in [3.63, 3.8) is 0 Å². The molecule has 1 aliphatic rings. The summed E-state index contributed by atoms with van der Waals surface area (Å²) in [7, 11) is 0. The largest absolute Gasteiger partial charge is 0.381 e. The first kappa shape index (κ1) is 19.8. The number of nitrogens with zero attached hydrogens (tertiary/aromatic N) is 1. The Balaban J connectivity index is 0.00000225. The van der Waals surface area contributed by atoms with Gasteiger partial charge in [0.25, 0.3) is 0 Å². The van der Waals surface area contributed by atoms with Gasteiger partial charge in [0.05, 0.1) is 11.7 Å². The van der Waals surface area contributed by atoms with Crippen LogP contribution in [0.4, 0.5) is 9.52 Å². The van der Waals surface area contributed by atoms with Crippen molar-refractivity contribution in [2.45, 2.75) is 25.8 Å². The maximum atomic E-state index is 13.4. The second-order valence-corrected chi connectivity index (χ2v) is 6.82. The van der Waals surface area contributed by atoms with Crippen molar-refractivity contribution in [2.24, 2.45) is 11.7 Å². The van der Waals surface area contributed by atoms with E-state index in [-0.39, 0.29) is 30.0 Å². The van der Waals surface area contributed by atoms with Gasteiger partial charge in [0, 0.05) is 24.2 Å². The fourth-order valence-electron chi connectivity index (χ4n) is 2.75. The number of rotatable bonds is 4. The molecule has 1 fully saturated rings. The molecule has 1 saturated heterocycles. The molecule has 3 rings (SSSR count). The lowest BCUT2D eigenvalue weighted by Gasteiger charge is -2.26. The summed E-state index contributed by atoms with van der Waals surface area (Å²) < 4.78 is 18.7. The number of hydrogen-bond donors (Lipinski definition) is 2. The van der Waals surface area contributed by atoms with E-state index in [4.69, 9.17) is 10.5 Å². The van der Waals surface area contributed by atoms with Crippen molar-refractivity contribution < 1.29 is 13.9 Å². The molecule has 2 aromatic rings. The van der Waals surface area contributed by atoms with Gasteiger partial charge in [-0.15, -0.1) is 23.7 Å². The molecule has 1 aromatic carbocycles. The minimum atomic E-state index is -0.561. The van der Waals surface area contributed by atoms with E-state index in [0.717, 1.165) is 18.4 Å². The van der Waals surface area contributed by atoms with Crippen molar-refractivity contribution in [3.8, 4) is 11.3 Å². The predicted octanol–water partition coefficient (Wildman–Crippen LogP) is 3.37. The Labute approximate surface area is 156 Å². The summed E-state index contributed by atoms with van der Waals surface area (Å²) in [5.74, 6) is -0.332. The number of anilines is 1. The first-order chi connectivity index (χ1) is 11.5. The maximum absolute atomic E-state index is 13.4. The summed E-state index contributed by atoms with van der Waals surface area (Å²) in [5.41, 5.74) is 8.15. The molecule has 1 aliphatic heterocycles. The van der Waals surface area contributed by atoms with Crippen LogP contribution in [0.5, 0.6) is 0 Å². The van der Waals surface area contributed by atoms with Gasteiger partial charge in [-0.05, 0) is 49.4 Å². The number of aromatic nitrogens is 1. The van der Waals surface area contributed by atoms with Gasteiger partial charge in [-0.2, -0.15) is 0 Å². The third-order valence-corrected chi connectivity index (χ3v) is 5.02. The Kier molecular flexibility index (Phi) is 6.89. The number of benzene rings is 1. The Morgan fingerprint density at radius 2 is 2.16 bits per heavy atom. The smallest absolute Gasteiger partial charge is 0.243 e. The van der Waals surface area contributed by atoms with E-state index >= 15 is 0 Å². The summed E-state index contributed by atoms with van der Waals surface area (Å²) in [6.45, 7) is 3.01. The van der Waals surface area contributed by atoms with E-state index in [1.165, 1.54) is 17.4 Å². The van der Waals surface area contributed by atoms with Crippen molar-refractivity contribution in [1.29, 1.82) is 0 Å². The first-order valence-corrected chi connectivity index (χ1v) is 8.79. The molecule has 1 atom stereocenters. The van der Waals surface area contributed by atoms with Crippen LogP contribution in [0.25, 0.3) is 11.3 Å². The summed E-state index contributed by atoms with van der Waals surface area (Å²) in [6.07, 6.45) is 1.60. The predicted molar refractivity (Wildman–Crippen MR) is 99.6 cm³/mol. The van der Waals surface area contributed by atoms with Crippen molar-refractivity contribution in [3.05, 3.63) is 35.0 Å². The molecular weight excluding hydrogens is 365 g/mol. The van der Waals surface area contributed by atoms with Gasteiger partial charge in [0.1, 0.15) is 5.82 Å². The summed E-state index contributed by atoms with van der Waals surface area (Å²) >= 11 is 1.33. The second kappa shape index (κ2) is 8.71. The molecule has 25 heavy (non-hydrogen) atoms. The van der Waals surface area contributed by atoms with Crippen LogP contribution in [0.3, 0.4) is 0 Å². The van der Waals surface area contributed by atoms with Crippen LogP contribution in [-0.2, 0) is 9.53 Å². The number of thiazole rings is 1. The Hall–Kier alpha value is -1.54. The number of carbonyl (C=O) groups is 1. The maximum Gasteiger partial charge on any atom is 0.243 e. The molecule has 1 aromatic heterocycles. The molecule has 0 bridgehead atoms. The standard InChI is InChI=1S/C17H20FN3O2S.ClH/c1-10-8-12(2-3-13(10)18)14-9-24-17(20-14)21-16(22)15(19)11-4-6-23-7-5-11;/h2-3,8-9,11,15H,4-7,19H2,1H3,(H,20,21,22);1H. The molecule has 1 amide bonds. The number of aryl methyl sites for hydroxylation is 1. The zero-order chi connectivity index (χ0) is 17.1. The van der Waals surface area contributed by atoms with Gasteiger partial charge >= 0.3 is 0 Å². The van der Waals surface area contributed by atoms with Crippen LogP contribution in [0.1, 0.15) is 18.4 Å². The third-order valence-electron chi connectivity index (χ3n) is 4.26. The van der Waals surface area contributed by atoms with Gasteiger partial charge in [0.2, 0.25) is 5.91 Å². The second-order valence-electron chi connectivity index (χ2n) is 5.97. The lowest BCUT2D eigenvalue weighted by molar-refractivity contribution is -0.119. The zero-order valence-corrected chi connectivity index (χ0v) is 15.5. The number of amides is 1. The molecule has 3 N–H and O–H groups in total. The molecule has 5 nitrogen and oxygen atoms in total. The highest BCUT2D eigenvalue weighted by Gasteiger charge is 2.27. The van der Waals surface area contributed by atoms with Crippen molar-refractivity contribution in [2.75, 3.05) is 18.5 Å². The van der Waals surface area contributed by atoms with Crippen LogP contribution < -0.4 is 11.1 Å². The molecule has 0 saturated carbocycles. The number of carbonyl (C=O) groups excluding carboxylic acids is 1. The van der Waals surface area contributed by atoms with E-state index in [9.17, 15) is 9.18 Å². The van der Waals surface area contributed by atoms with E-state index in [2.05, 4.69) is 10.3 Å². The monoisotopic (exact) mass is 385 g/mol. The molecule has 0 aliphatic carbocycles. The lowest BCUT2D eigenvalue weighted by atomic mass is 9.92. The van der Waals surface area contributed by atoms with Gasteiger partial charge in [-0.1, -0.05) is 0 Å². The van der Waals surface area contributed by atoms with Crippen LogP contribution in [0.15, 0.2) is 23.6 Å². The molecule has 2 heterocycles. The van der Waals surface area contributed by atoms with Crippen molar-refractivity contribution >= 4 is 34.8 Å². The molecule has 0 radical (unpaired) electrons. The van der Waals surface area contributed by atoms with Gasteiger partial charge in [-0.3, -0.25) is 4.79 Å². The molecule has 8 heteroatoms. The molecule has 136 valence electrons. The third kappa shape index (κ3) is 4.76. The lowest BCUT2D eigenvalue weighted by Crippen LogP contribution is -2.43. The number of hydrogen-bond acceptors (Lipinski definition) is 5. The number of ether oxygens (including phenoxy) is 1. The quantitative estimate of drug-likeness (QED) is 0.845. The number of nitrogens with one attached hydrogen (secondary N) is 1. The molecule has 1 unspecified atom stereocenters. The van der Waals surface area contributed by atoms with E-state index in [1.54, 1.807) is 19.1 Å². The van der Waals surface area contributed by atoms with E-state index in [1.807, 2.05) is 5.38 Å². The number of halogens is 2. The summed E-state index contributed by atoms with van der Waals surface area (Å²) in [4.78, 5) is 16.7. The minimum absolute atomic E-state index is 0. The Morgan fingerprint density at radius 3 is 2.84 bits per heavy atom. The average Bonchev–Trinajstić information content (AvgIpc) is 3.06. The van der Waals surface area contributed by atoms with Crippen LogP contribution in [0, 0.1) is 18.7 Å². The van der Waals surface area contributed by atoms with Crippen LogP contribution in [0.2, 0.25) is 0 Å². The van der Waals surface area contributed by atoms with Gasteiger partial charge in [0.15, 0.2) is 5.13 Å². The molecule has 0 spiro atoms. The first-order valence-electron chi connectivity index (χ1n) is 7.91. The highest BCUT2D eigenvalue weighted by molar-refractivity contribution is 7.14. The normalized spacial score (nSPS) is 16.1. The Morgan fingerprint density at radius 1 is 1.44 bits per heavy atom. The number of nitrogens with two attached hydrogens (primary N) is 1. The minimum Gasteiger partial charge on any atom is -0.381 e. The van der Waals surface area contributed by atoms with E-state index < -0.39 is 6.04 Å². The topological polar surface area (TPSA) is 77.2 Å². The van der Waals surface area contributed by atoms with Gasteiger partial charge in [-0.25, -0.2) is 9.37 Å². The average molecular weight is 386 g/mol. The summed E-state index contributed by atoms with van der Waals surface area (Å²) in [5, 5.41) is 5.12. The fraction of sp³-hybridized carbons (Fsp3) is 0.412. The summed E-state index contributed by atoms with van der Waals surface area (Å²) in [6, 6.07) is 4.28. The highest BCUT2D eigenvalue weighted by atomic mass is 35.5. The zero-order valence-electron chi connectivity index (χ0n) is 13.8. The van der Waals surface area contributed by atoms with Crippen molar-refractivity contribution in [1.82, 2.24) is 4.98 Å². The Bertz CT molecular complexity index is 734. The van der Waals surface area contributed by atoms with Crippen LogP contribution >= 0.6 is 23.7 Å². The van der Waals surface area contributed by atoms with E-state index in [0.29, 0.717) is 29.6 Å². The highest BCUT2D eigenvalue weighted by Crippen LogP contribution is 2.27. The fourth-order valence-corrected chi connectivity index (χ4v) is 3.47.